The van der Waals surface area contributed by atoms with Gasteiger partial charge in [-0.05, 0) is 37.3 Å². The van der Waals surface area contributed by atoms with Gasteiger partial charge in [0, 0.05) is 10.9 Å². The Hall–Kier alpha value is -3.05. The van der Waals surface area contributed by atoms with E-state index in [4.69, 9.17) is 5.73 Å². The standard InChI is InChI=1S/C23H23F3N6OS/c1-13-3-2-8-22(33,9-13)21-30-18(27)17-19(31-21)32(12-28-17)10-16-11-34-20(29-16)14-4-6-15(7-5-14)23(24,25)26/h4-7,11-13,33H,2-3,8-10H2,1H3,(H2,27,30,31)/t13-,22+/m1/s1. The third kappa shape index (κ3) is 4.25. The number of hydrogen-bond donors (Lipinski definition) is 2. The lowest BCUT2D eigenvalue weighted by atomic mass is 9.78. The first-order valence-electron chi connectivity index (χ1n) is 11.0. The highest BCUT2D eigenvalue weighted by Crippen LogP contribution is 2.39. The van der Waals surface area contributed by atoms with Gasteiger partial charge in [0.1, 0.15) is 16.1 Å². The first-order valence-corrected chi connectivity index (χ1v) is 11.8. The summed E-state index contributed by atoms with van der Waals surface area (Å²) in [6.07, 6.45) is 0.338. The van der Waals surface area contributed by atoms with Gasteiger partial charge < -0.3 is 15.4 Å². The molecule has 0 spiro atoms. The second-order valence-electron chi connectivity index (χ2n) is 8.93. The highest BCUT2D eigenvalue weighted by atomic mass is 32.1. The van der Waals surface area contributed by atoms with Crippen LogP contribution in [0.3, 0.4) is 0 Å². The van der Waals surface area contributed by atoms with Gasteiger partial charge in [-0.15, -0.1) is 11.3 Å². The van der Waals surface area contributed by atoms with Crippen molar-refractivity contribution in [2.24, 2.45) is 5.92 Å². The number of nitrogens with two attached hydrogens (primary N) is 1. The number of nitrogen functional groups attached to an aromatic ring is 1. The molecule has 0 unspecified atom stereocenters. The molecule has 0 radical (unpaired) electrons. The van der Waals surface area contributed by atoms with Crippen molar-refractivity contribution in [3.63, 3.8) is 0 Å². The van der Waals surface area contributed by atoms with E-state index < -0.39 is 17.3 Å². The van der Waals surface area contributed by atoms with Crippen molar-refractivity contribution in [3.8, 4) is 10.6 Å². The van der Waals surface area contributed by atoms with Crippen LogP contribution in [-0.2, 0) is 18.3 Å². The number of anilines is 1. The van der Waals surface area contributed by atoms with Crippen LogP contribution in [0.15, 0.2) is 36.0 Å². The average molecular weight is 489 g/mol. The molecule has 2 atom stereocenters. The molecule has 11 heteroatoms. The third-order valence-electron chi connectivity index (χ3n) is 6.22. The first kappa shape index (κ1) is 22.7. The van der Waals surface area contributed by atoms with Crippen molar-refractivity contribution in [2.75, 3.05) is 5.73 Å². The second-order valence-corrected chi connectivity index (χ2v) is 9.79. The minimum Gasteiger partial charge on any atom is -0.382 e. The van der Waals surface area contributed by atoms with Crippen LogP contribution in [0.25, 0.3) is 21.7 Å². The number of nitrogens with zero attached hydrogens (tertiary/aromatic N) is 5. The smallest absolute Gasteiger partial charge is 0.382 e. The lowest BCUT2D eigenvalue weighted by Gasteiger charge is -2.34. The highest BCUT2D eigenvalue weighted by molar-refractivity contribution is 7.13. The Morgan fingerprint density at radius 3 is 2.68 bits per heavy atom. The van der Waals surface area contributed by atoms with E-state index in [-0.39, 0.29) is 5.82 Å². The van der Waals surface area contributed by atoms with E-state index in [0.717, 1.165) is 25.0 Å². The molecule has 1 fully saturated rings. The van der Waals surface area contributed by atoms with E-state index in [1.54, 1.807) is 10.9 Å². The van der Waals surface area contributed by atoms with Gasteiger partial charge in [-0.2, -0.15) is 13.2 Å². The minimum absolute atomic E-state index is 0.217. The van der Waals surface area contributed by atoms with E-state index in [0.29, 0.717) is 58.6 Å². The number of hydrogen-bond acceptors (Lipinski definition) is 7. The summed E-state index contributed by atoms with van der Waals surface area (Å²) in [7, 11) is 0. The summed E-state index contributed by atoms with van der Waals surface area (Å²) < 4.78 is 40.3. The molecule has 178 valence electrons. The summed E-state index contributed by atoms with van der Waals surface area (Å²) >= 11 is 1.35. The largest absolute Gasteiger partial charge is 0.416 e. The summed E-state index contributed by atoms with van der Waals surface area (Å²) in [5, 5.41) is 13.7. The zero-order chi connectivity index (χ0) is 24.1. The van der Waals surface area contributed by atoms with Crippen LogP contribution >= 0.6 is 11.3 Å². The Morgan fingerprint density at radius 1 is 1.21 bits per heavy atom. The van der Waals surface area contributed by atoms with Crippen LogP contribution in [0, 0.1) is 5.92 Å². The van der Waals surface area contributed by atoms with Gasteiger partial charge in [-0.1, -0.05) is 25.5 Å². The zero-order valence-electron chi connectivity index (χ0n) is 18.4. The summed E-state index contributed by atoms with van der Waals surface area (Å²) in [6, 6.07) is 4.95. The molecule has 1 saturated carbocycles. The number of rotatable bonds is 4. The van der Waals surface area contributed by atoms with Crippen molar-refractivity contribution in [1.82, 2.24) is 24.5 Å². The van der Waals surface area contributed by atoms with Crippen molar-refractivity contribution in [2.45, 2.75) is 50.9 Å². The number of halogens is 3. The number of imidazole rings is 1. The molecule has 0 amide bonds. The molecule has 5 rings (SSSR count). The highest BCUT2D eigenvalue weighted by Gasteiger charge is 2.38. The quantitative estimate of drug-likeness (QED) is 0.419. The van der Waals surface area contributed by atoms with Gasteiger partial charge in [0.15, 0.2) is 17.3 Å². The molecule has 0 aliphatic heterocycles. The summed E-state index contributed by atoms with van der Waals surface area (Å²) in [6.45, 7) is 2.45. The van der Waals surface area contributed by atoms with Gasteiger partial charge in [0.05, 0.1) is 24.1 Å². The molecule has 0 saturated heterocycles. The lowest BCUT2D eigenvalue weighted by molar-refractivity contribution is -0.137. The molecule has 0 bridgehead atoms. The summed E-state index contributed by atoms with van der Waals surface area (Å²) in [5.41, 5.74) is 6.63. The maximum atomic E-state index is 12.8. The summed E-state index contributed by atoms with van der Waals surface area (Å²) in [5.74, 6) is 0.895. The van der Waals surface area contributed by atoms with Crippen LogP contribution in [0.1, 0.15) is 49.7 Å². The lowest BCUT2D eigenvalue weighted by Crippen LogP contribution is -2.34. The van der Waals surface area contributed by atoms with Crippen LogP contribution in [0.2, 0.25) is 0 Å². The molecule has 1 aliphatic carbocycles. The Balaban J connectivity index is 1.43. The molecule has 34 heavy (non-hydrogen) atoms. The number of alkyl halides is 3. The summed E-state index contributed by atoms with van der Waals surface area (Å²) in [4.78, 5) is 17.9. The fourth-order valence-electron chi connectivity index (χ4n) is 4.51. The van der Waals surface area contributed by atoms with Crippen LogP contribution in [-0.4, -0.2) is 29.6 Å². The Bertz CT molecular complexity index is 1330. The van der Waals surface area contributed by atoms with E-state index in [2.05, 4.69) is 26.9 Å². The predicted octanol–water partition coefficient (Wildman–Crippen LogP) is 5.00. The zero-order valence-corrected chi connectivity index (χ0v) is 19.2. The third-order valence-corrected chi connectivity index (χ3v) is 7.16. The number of aliphatic hydroxyl groups is 1. The van der Waals surface area contributed by atoms with Gasteiger partial charge >= 0.3 is 6.18 Å². The van der Waals surface area contributed by atoms with Crippen LogP contribution < -0.4 is 5.73 Å². The fraction of sp³-hybridized carbons (Fsp3) is 0.391. The monoisotopic (exact) mass is 488 g/mol. The molecular formula is C23H23F3N6OS. The minimum atomic E-state index is -4.37. The molecule has 3 N–H and O–H groups in total. The van der Waals surface area contributed by atoms with Gasteiger partial charge in [0.2, 0.25) is 0 Å². The van der Waals surface area contributed by atoms with Gasteiger partial charge in [-0.3, -0.25) is 0 Å². The molecule has 4 aromatic rings. The first-order chi connectivity index (χ1) is 16.1. The molecular weight excluding hydrogens is 465 g/mol. The van der Waals surface area contributed by atoms with Crippen LogP contribution in [0.4, 0.5) is 19.0 Å². The second kappa shape index (κ2) is 8.31. The average Bonchev–Trinajstić information content (AvgIpc) is 3.41. The van der Waals surface area contributed by atoms with Crippen molar-refractivity contribution < 1.29 is 18.3 Å². The number of thiazole rings is 1. The number of aromatic nitrogens is 5. The Morgan fingerprint density at radius 2 is 1.97 bits per heavy atom. The van der Waals surface area contributed by atoms with Crippen LogP contribution in [0.5, 0.6) is 0 Å². The molecule has 1 aromatic carbocycles. The molecule has 7 nitrogen and oxygen atoms in total. The fourth-order valence-corrected chi connectivity index (χ4v) is 5.32. The van der Waals surface area contributed by atoms with Gasteiger partial charge in [-0.25, -0.2) is 19.9 Å². The van der Waals surface area contributed by atoms with Crippen molar-refractivity contribution in [3.05, 3.63) is 53.1 Å². The van der Waals surface area contributed by atoms with E-state index >= 15 is 0 Å². The van der Waals surface area contributed by atoms with E-state index in [1.807, 2.05) is 5.38 Å². The molecule has 3 aromatic heterocycles. The Labute approximate surface area is 197 Å². The maximum absolute atomic E-state index is 12.8. The van der Waals surface area contributed by atoms with E-state index in [1.165, 1.54) is 23.5 Å². The number of benzene rings is 1. The maximum Gasteiger partial charge on any atom is 0.416 e. The van der Waals surface area contributed by atoms with Crippen molar-refractivity contribution in [1.29, 1.82) is 0 Å². The Kier molecular flexibility index (Phi) is 5.56. The van der Waals surface area contributed by atoms with E-state index in [9.17, 15) is 18.3 Å². The predicted molar refractivity (Wildman–Crippen MR) is 123 cm³/mol. The van der Waals surface area contributed by atoms with Gasteiger partial charge in [0.25, 0.3) is 0 Å². The number of fused-ring (bicyclic) bond motifs is 1. The normalized spacial score (nSPS) is 21.3. The topological polar surface area (TPSA) is 103 Å². The molecule has 3 heterocycles. The SMILES string of the molecule is C[C@@H]1CCC[C@@](O)(c2nc(N)c3ncn(Cc4csc(-c5ccc(C(F)(F)F)cc5)n4)c3n2)C1. The molecule has 1 aliphatic rings. The van der Waals surface area contributed by atoms with Crippen molar-refractivity contribution >= 4 is 28.3 Å².